The number of nitrogens with zero attached hydrogens (tertiary/aromatic N) is 4. The van der Waals surface area contributed by atoms with Crippen LogP contribution in [-0.2, 0) is 0 Å². The summed E-state index contributed by atoms with van der Waals surface area (Å²) in [6.45, 7) is 1.27. The van der Waals surface area contributed by atoms with Gasteiger partial charge in [0.25, 0.3) is 5.91 Å². The smallest absolute Gasteiger partial charge is 0.262 e. The highest BCUT2D eigenvalue weighted by Gasteiger charge is 2.24. The van der Waals surface area contributed by atoms with Gasteiger partial charge in [0.1, 0.15) is 23.4 Å². The van der Waals surface area contributed by atoms with E-state index in [0.717, 1.165) is 30.8 Å². The van der Waals surface area contributed by atoms with Gasteiger partial charge in [-0.25, -0.2) is 14.5 Å². The molecule has 4 rings (SSSR count). The van der Waals surface area contributed by atoms with E-state index in [0.29, 0.717) is 23.0 Å². The fourth-order valence-corrected chi connectivity index (χ4v) is 3.34. The monoisotopic (exact) mass is 442 g/mol. The minimum absolute atomic E-state index is 0. The highest BCUT2D eigenvalue weighted by atomic mass is 35.5. The third-order valence-corrected chi connectivity index (χ3v) is 4.94. The van der Waals surface area contributed by atoms with Crippen LogP contribution in [0, 0.1) is 0 Å². The zero-order valence-electron chi connectivity index (χ0n) is 16.1. The highest BCUT2D eigenvalue weighted by molar-refractivity contribution is 6.30. The molecule has 2 aliphatic rings. The van der Waals surface area contributed by atoms with Gasteiger partial charge in [-0.3, -0.25) is 9.69 Å². The fourth-order valence-electron chi connectivity index (χ4n) is 3.14. The molecule has 0 bridgehead atoms. The minimum Gasteiger partial charge on any atom is -1.00 e. The molecule has 0 fully saturated rings. The van der Waals surface area contributed by atoms with Crippen molar-refractivity contribution < 1.29 is 26.5 Å². The second kappa shape index (κ2) is 10.2. The van der Waals surface area contributed by atoms with Crippen molar-refractivity contribution in [1.29, 1.82) is 0 Å². The van der Waals surface area contributed by atoms with E-state index in [1.165, 1.54) is 6.26 Å². The van der Waals surface area contributed by atoms with Crippen LogP contribution in [0.4, 0.5) is 0 Å². The van der Waals surface area contributed by atoms with Crippen molar-refractivity contribution in [1.82, 2.24) is 14.9 Å². The quantitative estimate of drug-likeness (QED) is 0.390. The maximum atomic E-state index is 12.8. The molecule has 8 heteroatoms. The molecule has 1 aromatic carbocycles. The molecule has 0 N–H and O–H groups in total. The third-order valence-electron chi connectivity index (χ3n) is 4.64. The normalized spacial score (nSPS) is 16.8. The highest BCUT2D eigenvalue weighted by Crippen LogP contribution is 2.27. The Labute approximate surface area is 186 Å². The van der Waals surface area contributed by atoms with Crippen molar-refractivity contribution in [2.24, 2.45) is 0 Å². The SMILES string of the molecule is O=C1c2ccccc2OC=C(Cl)N1CCCC=[N+]1C=CC(c2ncccn2)=CC1.[Cl-]. The zero-order chi connectivity index (χ0) is 20.1. The van der Waals surface area contributed by atoms with Crippen molar-refractivity contribution in [3.63, 3.8) is 0 Å². The topological polar surface area (TPSA) is 58.3 Å². The molecule has 0 saturated carbocycles. The van der Waals surface area contributed by atoms with Crippen LogP contribution >= 0.6 is 11.6 Å². The molecular formula is C22H20Cl2N4O2. The molecule has 2 aromatic rings. The summed E-state index contributed by atoms with van der Waals surface area (Å²) in [6.07, 6.45) is 14.7. The van der Waals surface area contributed by atoms with E-state index in [-0.39, 0.29) is 18.3 Å². The number of ether oxygens (including phenoxy) is 1. The molecule has 0 aliphatic carbocycles. The number of carbonyl (C=O) groups excluding carboxylic acids is 1. The van der Waals surface area contributed by atoms with Gasteiger partial charge in [-0.2, -0.15) is 0 Å². The number of carbonyl (C=O) groups is 1. The van der Waals surface area contributed by atoms with Crippen LogP contribution in [0.5, 0.6) is 5.75 Å². The van der Waals surface area contributed by atoms with Crippen molar-refractivity contribution in [2.75, 3.05) is 13.1 Å². The van der Waals surface area contributed by atoms with Gasteiger partial charge >= 0.3 is 0 Å². The lowest BCUT2D eigenvalue weighted by molar-refractivity contribution is -0.442. The number of amides is 1. The predicted octanol–water partition coefficient (Wildman–Crippen LogP) is 0.827. The zero-order valence-corrected chi connectivity index (χ0v) is 17.6. The molecule has 0 saturated heterocycles. The van der Waals surface area contributed by atoms with Gasteiger partial charge in [-0.15, -0.1) is 0 Å². The van der Waals surface area contributed by atoms with E-state index in [4.69, 9.17) is 16.3 Å². The summed E-state index contributed by atoms with van der Waals surface area (Å²) < 4.78 is 7.61. The molecule has 2 aliphatic heterocycles. The van der Waals surface area contributed by atoms with Gasteiger partial charge in [0.2, 0.25) is 0 Å². The van der Waals surface area contributed by atoms with Gasteiger partial charge < -0.3 is 17.1 Å². The molecule has 0 unspecified atom stereocenters. The Hall–Kier alpha value is -2.96. The number of benzene rings is 1. The van der Waals surface area contributed by atoms with Crippen molar-refractivity contribution >= 4 is 29.3 Å². The lowest BCUT2D eigenvalue weighted by Gasteiger charge is -2.19. The molecule has 3 heterocycles. The Morgan fingerprint density at radius 3 is 2.77 bits per heavy atom. The Balaban J connectivity index is 0.00000256. The third kappa shape index (κ3) is 4.96. The first-order valence-corrected chi connectivity index (χ1v) is 9.78. The Bertz CT molecular complexity index is 1030. The van der Waals surface area contributed by atoms with Crippen molar-refractivity contribution in [3.8, 4) is 5.75 Å². The first kappa shape index (κ1) is 21.7. The van der Waals surface area contributed by atoms with E-state index in [1.54, 1.807) is 35.5 Å². The maximum Gasteiger partial charge on any atom is 0.262 e. The second-order valence-electron chi connectivity index (χ2n) is 6.58. The molecule has 1 aromatic heterocycles. The van der Waals surface area contributed by atoms with E-state index >= 15 is 0 Å². The molecule has 6 nitrogen and oxygen atoms in total. The number of rotatable bonds is 5. The lowest BCUT2D eigenvalue weighted by Crippen LogP contribution is -3.00. The van der Waals surface area contributed by atoms with E-state index in [9.17, 15) is 4.79 Å². The lowest BCUT2D eigenvalue weighted by atomic mass is 10.1. The van der Waals surface area contributed by atoms with Crippen LogP contribution in [0.3, 0.4) is 0 Å². The molecule has 0 radical (unpaired) electrons. The first-order valence-electron chi connectivity index (χ1n) is 9.40. The van der Waals surface area contributed by atoms with Crippen LogP contribution in [-0.4, -0.2) is 44.7 Å². The minimum atomic E-state index is -0.146. The van der Waals surface area contributed by atoms with Crippen molar-refractivity contribution in [3.05, 3.63) is 83.9 Å². The van der Waals surface area contributed by atoms with Crippen LogP contribution in [0.15, 0.2) is 72.5 Å². The first-order chi connectivity index (χ1) is 14.2. The summed E-state index contributed by atoms with van der Waals surface area (Å²) in [5.74, 6) is 1.10. The van der Waals surface area contributed by atoms with Gasteiger partial charge in [-0.1, -0.05) is 23.7 Å². The summed E-state index contributed by atoms with van der Waals surface area (Å²) in [5, 5.41) is 0.291. The Morgan fingerprint density at radius 2 is 2.00 bits per heavy atom. The number of halogens is 2. The van der Waals surface area contributed by atoms with Crippen LogP contribution in [0.25, 0.3) is 5.57 Å². The molecular weight excluding hydrogens is 423 g/mol. The van der Waals surface area contributed by atoms with Gasteiger partial charge in [0, 0.05) is 37.0 Å². The second-order valence-corrected chi connectivity index (χ2v) is 6.97. The number of allylic oxidation sites excluding steroid dienone is 2. The molecule has 0 atom stereocenters. The molecule has 30 heavy (non-hydrogen) atoms. The van der Waals surface area contributed by atoms with Crippen molar-refractivity contribution in [2.45, 2.75) is 12.8 Å². The summed E-state index contributed by atoms with van der Waals surface area (Å²) in [7, 11) is 0. The summed E-state index contributed by atoms with van der Waals surface area (Å²) >= 11 is 6.26. The van der Waals surface area contributed by atoms with E-state index in [1.807, 2.05) is 24.4 Å². The van der Waals surface area contributed by atoms with Gasteiger partial charge in [-0.05, 0) is 30.7 Å². The number of unbranched alkanes of at least 4 members (excludes halogenated alkanes) is 1. The predicted molar refractivity (Wildman–Crippen MR) is 112 cm³/mol. The average Bonchev–Trinajstić information content (AvgIpc) is 2.89. The van der Waals surface area contributed by atoms with E-state index in [2.05, 4.69) is 26.8 Å². The largest absolute Gasteiger partial charge is 1.00 e. The number of fused-ring (bicyclic) bond motifs is 1. The summed E-state index contributed by atoms with van der Waals surface area (Å²) in [6, 6.07) is 8.96. The van der Waals surface area contributed by atoms with Gasteiger partial charge in [0.05, 0.1) is 5.56 Å². The van der Waals surface area contributed by atoms with E-state index < -0.39 is 0 Å². The molecule has 1 amide bonds. The number of aromatic nitrogens is 2. The Morgan fingerprint density at radius 1 is 1.20 bits per heavy atom. The van der Waals surface area contributed by atoms with Gasteiger partial charge in [0.15, 0.2) is 18.6 Å². The number of para-hydroxylation sites is 1. The maximum absolute atomic E-state index is 12.8. The summed E-state index contributed by atoms with van der Waals surface area (Å²) in [5.41, 5.74) is 1.53. The van der Waals surface area contributed by atoms with Crippen LogP contribution < -0.4 is 17.1 Å². The van der Waals surface area contributed by atoms with Crippen LogP contribution in [0.2, 0.25) is 0 Å². The molecule has 154 valence electrons. The standard InChI is InChI=1S/C22H20ClN4O2.ClH/c23-20-16-29-19-7-2-1-6-18(19)22(28)27(20)13-4-3-12-26-14-8-17(9-15-26)21-24-10-5-11-25-21;/h1-2,5-12,14,16H,3-4,13,15H2;1H/q+1;/p-1. The summed E-state index contributed by atoms with van der Waals surface area (Å²) in [4.78, 5) is 22.9. The average molecular weight is 443 g/mol. The number of hydrogen-bond acceptors (Lipinski definition) is 4. The van der Waals surface area contributed by atoms with Crippen LogP contribution in [0.1, 0.15) is 29.0 Å². The molecule has 0 spiro atoms. The Kier molecular flexibility index (Phi) is 7.38. The number of hydrogen-bond donors (Lipinski definition) is 0. The fraction of sp³-hybridized carbons (Fsp3) is 0.182.